The molecule has 5 rings (SSSR count). The zero-order valence-corrected chi connectivity index (χ0v) is 19.1. The van der Waals surface area contributed by atoms with E-state index >= 15 is 0 Å². The lowest BCUT2D eigenvalue weighted by atomic mass is 9.99. The van der Waals surface area contributed by atoms with Crippen molar-refractivity contribution >= 4 is 33.2 Å². The Hall–Kier alpha value is -3.23. The minimum absolute atomic E-state index is 0.00407. The van der Waals surface area contributed by atoms with Gasteiger partial charge in [0.2, 0.25) is 0 Å². The third kappa shape index (κ3) is 3.55. The number of nitro groups is 1. The number of hydrazine groups is 1. The number of nitrogens with one attached hydrogen (secondary N) is 1. The van der Waals surface area contributed by atoms with Gasteiger partial charge in [-0.2, -0.15) is 0 Å². The number of furan rings is 1. The first-order valence-electron chi connectivity index (χ1n) is 10.3. The molecule has 2 aromatic carbocycles. The van der Waals surface area contributed by atoms with Crippen LogP contribution in [0.5, 0.6) is 0 Å². The maximum Gasteiger partial charge on any atom is 0.433 e. The number of hydrogen-bond acceptors (Lipinski definition) is 6. The smallest absolute Gasteiger partial charge is 0.399 e. The number of alkyl halides is 1. The second-order valence-corrected chi connectivity index (χ2v) is 9.06. The average molecular weight is 493 g/mol. The summed E-state index contributed by atoms with van der Waals surface area (Å²) in [7, 11) is 0. The van der Waals surface area contributed by atoms with Crippen molar-refractivity contribution in [1.82, 2.24) is 10.4 Å². The van der Waals surface area contributed by atoms with E-state index in [9.17, 15) is 10.1 Å². The Morgan fingerprint density at radius 1 is 1.12 bits per heavy atom. The number of benzene rings is 2. The second kappa shape index (κ2) is 8.03. The summed E-state index contributed by atoms with van der Waals surface area (Å²) in [6.07, 6.45) is 1.66. The lowest BCUT2D eigenvalue weighted by molar-refractivity contribution is -0.402. The summed E-state index contributed by atoms with van der Waals surface area (Å²) in [6, 6.07) is 19.5. The van der Waals surface area contributed by atoms with Crippen LogP contribution in [0, 0.1) is 24.0 Å². The normalized spacial score (nSPS) is 22.3. The van der Waals surface area contributed by atoms with Crippen molar-refractivity contribution in [2.45, 2.75) is 30.9 Å². The number of allylic oxidation sites excluding steroid dienone is 1. The van der Waals surface area contributed by atoms with Gasteiger partial charge in [0.25, 0.3) is 0 Å². The van der Waals surface area contributed by atoms with Gasteiger partial charge >= 0.3 is 5.88 Å². The van der Waals surface area contributed by atoms with Crippen LogP contribution in [0.3, 0.4) is 0 Å². The highest BCUT2D eigenvalue weighted by Crippen LogP contribution is 2.41. The van der Waals surface area contributed by atoms with Gasteiger partial charge in [0.15, 0.2) is 11.9 Å². The number of nitrogens with zero attached hydrogens (tertiary/aromatic N) is 3. The third-order valence-electron chi connectivity index (χ3n) is 5.79. The average Bonchev–Trinajstić information content (AvgIpc) is 3.40. The monoisotopic (exact) mass is 492 g/mol. The number of aliphatic imine (C=N–C) groups is 1. The molecule has 162 valence electrons. The Balaban J connectivity index is 1.62. The summed E-state index contributed by atoms with van der Waals surface area (Å²) in [4.78, 5) is 15.5. The van der Waals surface area contributed by atoms with Gasteiger partial charge in [-0.05, 0) is 37.1 Å². The lowest BCUT2D eigenvalue weighted by Gasteiger charge is -2.31. The molecule has 0 aliphatic carbocycles. The molecule has 0 saturated carbocycles. The summed E-state index contributed by atoms with van der Waals surface area (Å²) in [5, 5.41) is 13.2. The summed E-state index contributed by atoms with van der Waals surface area (Å²) < 4.78 is 5.48. The fourth-order valence-corrected chi connectivity index (χ4v) is 5.04. The number of aryl methyl sites for hydroxylation is 2. The van der Waals surface area contributed by atoms with E-state index in [0.29, 0.717) is 11.5 Å². The molecule has 3 atom stereocenters. The Kier molecular flexibility index (Phi) is 5.19. The maximum atomic E-state index is 11.1. The fraction of sp³-hybridized carbons (Fsp3) is 0.208. The van der Waals surface area contributed by atoms with Crippen LogP contribution in [0.4, 0.5) is 5.88 Å². The topological polar surface area (TPSA) is 83.9 Å². The molecule has 1 N–H and O–H groups in total. The second-order valence-electron chi connectivity index (χ2n) is 8.00. The van der Waals surface area contributed by atoms with Crippen molar-refractivity contribution < 1.29 is 9.34 Å². The van der Waals surface area contributed by atoms with E-state index < -0.39 is 4.92 Å². The van der Waals surface area contributed by atoms with E-state index in [2.05, 4.69) is 70.5 Å². The molecule has 2 aliphatic rings. The minimum atomic E-state index is -0.538. The van der Waals surface area contributed by atoms with Crippen molar-refractivity contribution in [2.75, 3.05) is 0 Å². The molecule has 32 heavy (non-hydrogen) atoms. The van der Waals surface area contributed by atoms with E-state index in [1.807, 2.05) is 24.3 Å². The molecule has 0 amide bonds. The van der Waals surface area contributed by atoms with Gasteiger partial charge in [-0.3, -0.25) is 20.1 Å². The van der Waals surface area contributed by atoms with E-state index in [1.54, 1.807) is 6.07 Å². The summed E-state index contributed by atoms with van der Waals surface area (Å²) in [6.45, 7) is 4.15. The van der Waals surface area contributed by atoms with Gasteiger partial charge in [0.1, 0.15) is 10.6 Å². The van der Waals surface area contributed by atoms with Crippen molar-refractivity contribution in [2.24, 2.45) is 4.99 Å². The fourth-order valence-electron chi connectivity index (χ4n) is 4.26. The van der Waals surface area contributed by atoms with Crippen molar-refractivity contribution in [3.63, 3.8) is 0 Å². The minimum Gasteiger partial charge on any atom is -0.399 e. The first-order valence-corrected chi connectivity index (χ1v) is 11.2. The van der Waals surface area contributed by atoms with Crippen LogP contribution < -0.4 is 5.43 Å². The molecule has 0 spiro atoms. The van der Waals surface area contributed by atoms with Crippen LogP contribution in [0.15, 0.2) is 76.1 Å². The van der Waals surface area contributed by atoms with Crippen LogP contribution >= 0.6 is 15.9 Å². The number of fused-ring (bicyclic) bond motifs is 1. The molecule has 1 saturated heterocycles. The molecule has 0 bridgehead atoms. The molecule has 3 aromatic rings. The SMILES string of the molecule is Cc1ccc(C2=CC(c3ccc([N+](=O)[O-])o3)=NC3C(Br)C(c4ccccc4)NN23)c(C)c1. The zero-order valence-electron chi connectivity index (χ0n) is 17.5. The van der Waals surface area contributed by atoms with Crippen molar-refractivity contribution in [1.29, 1.82) is 0 Å². The van der Waals surface area contributed by atoms with Crippen LogP contribution in [0.2, 0.25) is 0 Å². The molecular formula is C24H21BrN4O3. The molecule has 0 radical (unpaired) electrons. The highest BCUT2D eigenvalue weighted by molar-refractivity contribution is 9.09. The van der Waals surface area contributed by atoms with Gasteiger partial charge in [-0.1, -0.05) is 70.0 Å². The molecular weight excluding hydrogens is 472 g/mol. The molecule has 2 aliphatic heterocycles. The number of rotatable bonds is 4. The van der Waals surface area contributed by atoms with Gasteiger partial charge in [0.05, 0.1) is 22.6 Å². The molecule has 3 heterocycles. The van der Waals surface area contributed by atoms with Crippen LogP contribution in [-0.2, 0) is 0 Å². The van der Waals surface area contributed by atoms with Gasteiger partial charge in [0, 0.05) is 5.56 Å². The predicted octanol–water partition coefficient (Wildman–Crippen LogP) is 5.30. The lowest BCUT2D eigenvalue weighted by Crippen LogP contribution is -2.39. The van der Waals surface area contributed by atoms with Crippen LogP contribution in [-0.4, -0.2) is 26.6 Å². The van der Waals surface area contributed by atoms with Crippen molar-refractivity contribution in [3.05, 3.63) is 105 Å². The first kappa shape index (κ1) is 20.7. The first-order chi connectivity index (χ1) is 15.4. The summed E-state index contributed by atoms with van der Waals surface area (Å²) in [5.41, 5.74) is 9.67. The molecule has 3 unspecified atom stereocenters. The van der Waals surface area contributed by atoms with Crippen molar-refractivity contribution in [3.8, 4) is 0 Å². The Morgan fingerprint density at radius 3 is 2.59 bits per heavy atom. The Morgan fingerprint density at radius 2 is 1.91 bits per heavy atom. The van der Waals surface area contributed by atoms with E-state index in [-0.39, 0.29) is 22.9 Å². The molecule has 7 nitrogen and oxygen atoms in total. The van der Waals surface area contributed by atoms with Gasteiger partial charge in [-0.15, -0.1) is 0 Å². The quantitative estimate of drug-likeness (QED) is 0.303. The van der Waals surface area contributed by atoms with Crippen LogP contribution in [0.25, 0.3) is 5.70 Å². The summed E-state index contributed by atoms with van der Waals surface area (Å²) in [5.74, 6) is 0.0789. The highest BCUT2D eigenvalue weighted by atomic mass is 79.9. The summed E-state index contributed by atoms with van der Waals surface area (Å²) >= 11 is 3.86. The molecule has 8 heteroatoms. The largest absolute Gasteiger partial charge is 0.433 e. The number of hydrogen-bond donors (Lipinski definition) is 1. The number of halogens is 1. The van der Waals surface area contributed by atoms with E-state index in [1.165, 1.54) is 11.6 Å². The Bertz CT molecular complexity index is 1250. The van der Waals surface area contributed by atoms with E-state index in [0.717, 1.165) is 22.4 Å². The maximum absolute atomic E-state index is 11.1. The van der Waals surface area contributed by atoms with Gasteiger partial charge < -0.3 is 4.42 Å². The van der Waals surface area contributed by atoms with Gasteiger partial charge in [-0.25, -0.2) is 5.43 Å². The van der Waals surface area contributed by atoms with E-state index in [4.69, 9.17) is 9.41 Å². The Labute approximate surface area is 193 Å². The zero-order chi connectivity index (χ0) is 22.4. The predicted molar refractivity (Wildman–Crippen MR) is 126 cm³/mol. The third-order valence-corrected chi connectivity index (χ3v) is 6.79. The standard InChI is InChI=1S/C24H21BrN4O3/c1-14-8-9-17(15(2)12-14)19-13-18(20-10-11-21(32-20)29(30)31)26-24-22(25)23(27-28(19)24)16-6-4-3-5-7-16/h3-13,22-24,27H,1-2H3. The molecule has 1 aromatic heterocycles. The highest BCUT2D eigenvalue weighted by Gasteiger charge is 2.44. The van der Waals surface area contributed by atoms with Crippen LogP contribution in [0.1, 0.15) is 34.1 Å². The molecule has 1 fully saturated rings.